The zero-order valence-electron chi connectivity index (χ0n) is 9.38. The Kier molecular flexibility index (Phi) is 3.58. The first kappa shape index (κ1) is 12.9. The van der Waals surface area contributed by atoms with Crippen LogP contribution in [0.2, 0.25) is 0 Å². The van der Waals surface area contributed by atoms with Crippen LogP contribution in [0.5, 0.6) is 0 Å². The van der Waals surface area contributed by atoms with Gasteiger partial charge in [-0.2, -0.15) is 4.57 Å². The molecule has 1 aromatic rings. The molecule has 1 aliphatic rings. The van der Waals surface area contributed by atoms with Gasteiger partial charge in [-0.05, 0) is 6.07 Å². The number of aliphatic hydroxyl groups is 3. The highest BCUT2D eigenvalue weighted by atomic mass is 16.6. The van der Waals surface area contributed by atoms with E-state index in [0.717, 1.165) is 0 Å². The Morgan fingerprint density at radius 2 is 2.11 bits per heavy atom. The molecule has 4 N–H and O–H groups in total. The van der Waals surface area contributed by atoms with E-state index in [1.807, 2.05) is 0 Å². The maximum atomic E-state index is 10.8. The zero-order valence-corrected chi connectivity index (χ0v) is 9.38. The van der Waals surface area contributed by atoms with Gasteiger partial charge in [0, 0.05) is 6.07 Å². The van der Waals surface area contributed by atoms with E-state index in [-0.39, 0.29) is 5.56 Å². The Balaban J connectivity index is 2.27. The van der Waals surface area contributed by atoms with Crippen molar-refractivity contribution in [2.24, 2.45) is 0 Å². The lowest BCUT2D eigenvalue weighted by molar-refractivity contribution is -0.765. The van der Waals surface area contributed by atoms with Crippen LogP contribution in [0.4, 0.5) is 0 Å². The molecule has 1 fully saturated rings. The zero-order chi connectivity index (χ0) is 13.3. The SMILES string of the molecule is O=C(O)c1ccc[n+](C2OC(CO)C(O)C2O)c1. The average molecular weight is 256 g/mol. The molecule has 2 rings (SSSR count). The summed E-state index contributed by atoms with van der Waals surface area (Å²) in [6, 6.07) is 2.90. The predicted octanol–water partition coefficient (Wildman–Crippen LogP) is -1.72. The number of pyridine rings is 1. The van der Waals surface area contributed by atoms with Gasteiger partial charge in [0.1, 0.15) is 17.8 Å². The minimum Gasteiger partial charge on any atom is -0.477 e. The van der Waals surface area contributed by atoms with Gasteiger partial charge in [0.05, 0.1) is 6.61 Å². The number of ether oxygens (including phenoxy) is 1. The van der Waals surface area contributed by atoms with Gasteiger partial charge in [-0.3, -0.25) is 0 Å². The fourth-order valence-electron chi connectivity index (χ4n) is 1.90. The molecule has 1 aromatic heterocycles. The summed E-state index contributed by atoms with van der Waals surface area (Å²) < 4.78 is 6.63. The smallest absolute Gasteiger partial charge is 0.341 e. The standard InChI is InChI=1S/C11H13NO6/c13-5-7-8(14)9(15)10(18-7)12-3-1-2-6(4-12)11(16)17/h1-4,7-10,13-15H,5H2/p+1. The Hall–Kier alpha value is -1.54. The van der Waals surface area contributed by atoms with E-state index in [4.69, 9.17) is 14.9 Å². The molecule has 18 heavy (non-hydrogen) atoms. The largest absolute Gasteiger partial charge is 0.477 e. The minimum absolute atomic E-state index is 0.0373. The molecule has 0 saturated carbocycles. The number of carbonyl (C=O) groups is 1. The van der Waals surface area contributed by atoms with Crippen molar-refractivity contribution in [2.75, 3.05) is 6.61 Å². The molecule has 0 spiro atoms. The van der Waals surface area contributed by atoms with Crippen molar-refractivity contribution in [3.8, 4) is 0 Å². The summed E-state index contributed by atoms with van der Waals surface area (Å²) in [5.74, 6) is -1.10. The summed E-state index contributed by atoms with van der Waals surface area (Å²) in [5.41, 5.74) is 0.0373. The van der Waals surface area contributed by atoms with E-state index in [1.54, 1.807) is 0 Å². The van der Waals surface area contributed by atoms with Gasteiger partial charge in [0.2, 0.25) is 0 Å². The highest BCUT2D eigenvalue weighted by Gasteiger charge is 2.47. The molecule has 0 bridgehead atoms. The maximum Gasteiger partial charge on any atom is 0.341 e. The summed E-state index contributed by atoms with van der Waals surface area (Å²) in [7, 11) is 0. The van der Waals surface area contributed by atoms with Crippen LogP contribution >= 0.6 is 0 Å². The van der Waals surface area contributed by atoms with Crippen LogP contribution in [-0.4, -0.2) is 51.3 Å². The molecule has 7 nitrogen and oxygen atoms in total. The molecule has 0 aromatic carbocycles. The van der Waals surface area contributed by atoms with Crippen molar-refractivity contribution in [1.29, 1.82) is 0 Å². The average Bonchev–Trinajstić information content (AvgIpc) is 2.66. The molecule has 98 valence electrons. The van der Waals surface area contributed by atoms with Crippen LogP contribution in [0.3, 0.4) is 0 Å². The third kappa shape index (κ3) is 2.21. The van der Waals surface area contributed by atoms with Gasteiger partial charge < -0.3 is 25.2 Å². The van der Waals surface area contributed by atoms with Gasteiger partial charge in [0.15, 0.2) is 18.5 Å². The van der Waals surface area contributed by atoms with Crippen LogP contribution < -0.4 is 4.57 Å². The Bertz CT molecular complexity index is 451. The second kappa shape index (κ2) is 4.99. The first-order chi connectivity index (χ1) is 8.54. The number of nitrogens with zero attached hydrogens (tertiary/aromatic N) is 1. The summed E-state index contributed by atoms with van der Waals surface area (Å²) >= 11 is 0. The fourth-order valence-corrected chi connectivity index (χ4v) is 1.90. The molecule has 4 unspecified atom stereocenters. The van der Waals surface area contributed by atoms with Crippen molar-refractivity contribution >= 4 is 5.97 Å². The van der Waals surface area contributed by atoms with Crippen LogP contribution in [0.15, 0.2) is 24.5 Å². The molecule has 2 heterocycles. The van der Waals surface area contributed by atoms with Gasteiger partial charge in [0.25, 0.3) is 6.23 Å². The topological polar surface area (TPSA) is 111 Å². The number of hydrogen-bond acceptors (Lipinski definition) is 5. The summed E-state index contributed by atoms with van der Waals surface area (Å²) in [5, 5.41) is 37.2. The molecule has 0 amide bonds. The van der Waals surface area contributed by atoms with E-state index < -0.39 is 37.1 Å². The predicted molar refractivity (Wildman–Crippen MR) is 56.6 cm³/mol. The molecule has 7 heteroatoms. The summed E-state index contributed by atoms with van der Waals surface area (Å²) in [6.07, 6.45) is -1.42. The first-order valence-electron chi connectivity index (χ1n) is 5.41. The van der Waals surface area contributed by atoms with E-state index in [0.29, 0.717) is 0 Å². The summed E-state index contributed by atoms with van der Waals surface area (Å²) in [4.78, 5) is 10.8. The van der Waals surface area contributed by atoms with E-state index >= 15 is 0 Å². The fraction of sp³-hybridized carbons (Fsp3) is 0.455. The molecular weight excluding hydrogens is 242 g/mol. The third-order valence-electron chi connectivity index (χ3n) is 2.88. The van der Waals surface area contributed by atoms with Crippen molar-refractivity contribution in [2.45, 2.75) is 24.5 Å². The van der Waals surface area contributed by atoms with Crippen LogP contribution in [0.1, 0.15) is 16.6 Å². The van der Waals surface area contributed by atoms with Gasteiger partial charge >= 0.3 is 5.97 Å². The highest BCUT2D eigenvalue weighted by molar-refractivity contribution is 5.86. The van der Waals surface area contributed by atoms with Gasteiger partial charge in [-0.15, -0.1) is 0 Å². The van der Waals surface area contributed by atoms with Gasteiger partial charge in [-0.25, -0.2) is 4.79 Å². The molecule has 4 atom stereocenters. The number of carboxylic acid groups (broad SMARTS) is 1. The Morgan fingerprint density at radius 3 is 2.67 bits per heavy atom. The third-order valence-corrected chi connectivity index (χ3v) is 2.88. The number of rotatable bonds is 3. The van der Waals surface area contributed by atoms with E-state index in [9.17, 15) is 15.0 Å². The highest BCUT2D eigenvalue weighted by Crippen LogP contribution is 2.24. The number of aromatic nitrogens is 1. The van der Waals surface area contributed by atoms with E-state index in [2.05, 4.69) is 0 Å². The number of aromatic carboxylic acids is 1. The summed E-state index contributed by atoms with van der Waals surface area (Å²) in [6.45, 7) is -0.423. The second-order valence-electron chi connectivity index (χ2n) is 4.07. The van der Waals surface area contributed by atoms with Crippen molar-refractivity contribution in [3.05, 3.63) is 30.1 Å². The quantitative estimate of drug-likeness (QED) is 0.479. The van der Waals surface area contributed by atoms with Crippen molar-refractivity contribution < 1.29 is 34.5 Å². The first-order valence-corrected chi connectivity index (χ1v) is 5.41. The lowest BCUT2D eigenvalue weighted by Gasteiger charge is -2.09. The number of carboxylic acids is 1. The molecule has 1 saturated heterocycles. The monoisotopic (exact) mass is 256 g/mol. The van der Waals surface area contributed by atoms with Crippen molar-refractivity contribution in [1.82, 2.24) is 0 Å². The Labute approximate surface area is 102 Å². The normalized spacial score (nSPS) is 31.5. The lowest BCUT2D eigenvalue weighted by atomic mass is 10.1. The molecule has 1 aliphatic heterocycles. The second-order valence-corrected chi connectivity index (χ2v) is 4.07. The molecule has 0 aliphatic carbocycles. The molecule has 0 radical (unpaired) electrons. The number of hydrogen-bond donors (Lipinski definition) is 4. The van der Waals surface area contributed by atoms with E-state index in [1.165, 1.54) is 29.1 Å². The number of aliphatic hydroxyl groups excluding tert-OH is 3. The van der Waals surface area contributed by atoms with Gasteiger partial charge in [-0.1, -0.05) is 0 Å². The minimum atomic E-state index is -1.23. The molecular formula is C11H14NO6+. The Morgan fingerprint density at radius 1 is 1.39 bits per heavy atom. The van der Waals surface area contributed by atoms with Crippen LogP contribution in [0.25, 0.3) is 0 Å². The van der Waals surface area contributed by atoms with Crippen molar-refractivity contribution in [3.63, 3.8) is 0 Å². The van der Waals surface area contributed by atoms with Crippen LogP contribution in [0, 0.1) is 0 Å². The lowest BCUT2D eigenvalue weighted by Crippen LogP contribution is -2.46. The van der Waals surface area contributed by atoms with Crippen LogP contribution in [-0.2, 0) is 4.74 Å². The maximum absolute atomic E-state index is 10.8.